The van der Waals surface area contributed by atoms with Gasteiger partial charge in [-0.15, -0.1) is 16.4 Å². The molecule has 4 heterocycles. The second-order valence-corrected chi connectivity index (χ2v) is 9.29. The molecule has 1 atom stereocenters. The molecule has 5 rings (SSSR count). The van der Waals surface area contributed by atoms with E-state index in [9.17, 15) is 4.79 Å². The van der Waals surface area contributed by atoms with Gasteiger partial charge in [0.2, 0.25) is 0 Å². The van der Waals surface area contributed by atoms with Crippen LogP contribution in [0.3, 0.4) is 0 Å². The van der Waals surface area contributed by atoms with E-state index >= 15 is 0 Å². The minimum absolute atomic E-state index is 0.0790. The Hall–Kier alpha value is -1.91. The van der Waals surface area contributed by atoms with E-state index in [1.54, 1.807) is 15.9 Å². The lowest BCUT2D eigenvalue weighted by atomic mass is 9.97. The molecule has 3 N–H and O–H groups in total. The number of aryl methyl sites for hydroxylation is 2. The molecular formula is C18H22N6O2S2. The Morgan fingerprint density at radius 1 is 1.29 bits per heavy atom. The highest BCUT2D eigenvalue weighted by atomic mass is 32.2. The van der Waals surface area contributed by atoms with Crippen LogP contribution in [-0.2, 0) is 29.9 Å². The summed E-state index contributed by atoms with van der Waals surface area (Å²) in [6.07, 6.45) is 6.71. The number of ether oxygens (including phenoxy) is 1. The molecule has 3 aromatic rings. The highest BCUT2D eigenvalue weighted by Gasteiger charge is 2.22. The van der Waals surface area contributed by atoms with Crippen molar-refractivity contribution < 1.29 is 4.74 Å². The van der Waals surface area contributed by atoms with Gasteiger partial charge in [-0.25, -0.2) is 19.9 Å². The molecule has 10 heteroatoms. The molecule has 0 radical (unpaired) electrons. The van der Waals surface area contributed by atoms with E-state index in [2.05, 4.69) is 15.2 Å². The number of fused-ring (bicyclic) bond motifs is 3. The fourth-order valence-corrected chi connectivity index (χ4v) is 6.09. The molecular weight excluding hydrogens is 396 g/mol. The molecule has 0 saturated carbocycles. The summed E-state index contributed by atoms with van der Waals surface area (Å²) < 4.78 is 7.30. The van der Waals surface area contributed by atoms with Gasteiger partial charge in [-0.2, -0.15) is 0 Å². The van der Waals surface area contributed by atoms with Crippen LogP contribution in [-0.4, -0.2) is 37.4 Å². The van der Waals surface area contributed by atoms with E-state index in [-0.39, 0.29) is 11.8 Å². The van der Waals surface area contributed by atoms with Crippen molar-refractivity contribution in [2.45, 2.75) is 62.1 Å². The summed E-state index contributed by atoms with van der Waals surface area (Å²) in [7, 11) is 0. The summed E-state index contributed by atoms with van der Waals surface area (Å²) in [5.74, 6) is 1.75. The van der Waals surface area contributed by atoms with E-state index in [4.69, 9.17) is 15.5 Å². The van der Waals surface area contributed by atoms with Gasteiger partial charge in [0.1, 0.15) is 16.5 Å². The molecule has 8 nitrogen and oxygen atoms in total. The van der Waals surface area contributed by atoms with Crippen LogP contribution < -0.4 is 11.4 Å². The lowest BCUT2D eigenvalue weighted by Crippen LogP contribution is -2.25. The average Bonchev–Trinajstić information content (AvgIpc) is 3.40. The molecule has 1 fully saturated rings. The number of thioether (sulfide) groups is 1. The van der Waals surface area contributed by atoms with Crippen LogP contribution in [0, 0.1) is 0 Å². The fraction of sp³-hybridized carbons (Fsp3) is 0.556. The van der Waals surface area contributed by atoms with Crippen LogP contribution in [0.25, 0.3) is 10.2 Å². The molecule has 3 aromatic heterocycles. The summed E-state index contributed by atoms with van der Waals surface area (Å²) in [6.45, 7) is 1.29. The quantitative estimate of drug-likeness (QED) is 0.612. The van der Waals surface area contributed by atoms with Crippen LogP contribution in [0.1, 0.15) is 41.9 Å². The smallest absolute Gasteiger partial charge is 0.344 e. The lowest BCUT2D eigenvalue weighted by molar-refractivity contribution is 0.0941. The Morgan fingerprint density at radius 2 is 2.18 bits per heavy atom. The van der Waals surface area contributed by atoms with Crippen LogP contribution in [0.5, 0.6) is 0 Å². The second-order valence-electron chi connectivity index (χ2n) is 7.26. The first kappa shape index (κ1) is 18.1. The molecule has 0 spiro atoms. The Kier molecular flexibility index (Phi) is 4.85. The Morgan fingerprint density at radius 3 is 3.04 bits per heavy atom. The van der Waals surface area contributed by atoms with E-state index < -0.39 is 0 Å². The van der Waals surface area contributed by atoms with Crippen LogP contribution in [0.15, 0.2) is 9.95 Å². The zero-order valence-corrected chi connectivity index (χ0v) is 17.1. The molecule has 28 heavy (non-hydrogen) atoms. The Balaban J connectivity index is 1.37. The Labute approximate surface area is 169 Å². The highest BCUT2D eigenvalue weighted by Crippen LogP contribution is 2.38. The summed E-state index contributed by atoms with van der Waals surface area (Å²) in [6, 6.07) is 0. The molecule has 0 bridgehead atoms. The monoisotopic (exact) mass is 418 g/mol. The van der Waals surface area contributed by atoms with E-state index in [0.29, 0.717) is 29.1 Å². The van der Waals surface area contributed by atoms with Crippen molar-refractivity contribution in [3.05, 3.63) is 26.7 Å². The van der Waals surface area contributed by atoms with E-state index in [1.165, 1.54) is 35.0 Å². The number of nitrogens with two attached hydrogens (primary N) is 1. The predicted octanol–water partition coefficient (Wildman–Crippen LogP) is 2.51. The number of anilines is 1. The maximum absolute atomic E-state index is 12.1. The van der Waals surface area contributed by atoms with Crippen molar-refractivity contribution in [1.82, 2.24) is 24.7 Å². The maximum atomic E-state index is 12.1. The van der Waals surface area contributed by atoms with Gasteiger partial charge >= 0.3 is 5.69 Å². The van der Waals surface area contributed by atoms with Crippen LogP contribution in [0.4, 0.5) is 5.82 Å². The number of nitrogen functional groups attached to an aromatic ring is 1. The zero-order chi connectivity index (χ0) is 19.1. The molecule has 1 saturated heterocycles. The summed E-state index contributed by atoms with van der Waals surface area (Å²) >= 11 is 3.19. The zero-order valence-electron chi connectivity index (χ0n) is 15.4. The topological polar surface area (TPSA) is 112 Å². The summed E-state index contributed by atoms with van der Waals surface area (Å²) in [5.41, 5.74) is 7.43. The van der Waals surface area contributed by atoms with Crippen molar-refractivity contribution in [3.8, 4) is 0 Å². The van der Waals surface area contributed by atoms with Gasteiger partial charge in [0.25, 0.3) is 0 Å². The average molecular weight is 419 g/mol. The normalized spacial score (nSPS) is 19.4. The largest absolute Gasteiger partial charge is 0.383 e. The van der Waals surface area contributed by atoms with Gasteiger partial charge in [-0.3, -0.25) is 4.57 Å². The maximum Gasteiger partial charge on any atom is 0.344 e. The minimum Gasteiger partial charge on any atom is -0.383 e. The number of nitrogens with one attached hydrogen (secondary N) is 1. The van der Waals surface area contributed by atoms with Crippen LogP contribution in [0.2, 0.25) is 0 Å². The highest BCUT2D eigenvalue weighted by molar-refractivity contribution is 7.98. The van der Waals surface area contributed by atoms with Gasteiger partial charge in [0.05, 0.1) is 23.8 Å². The van der Waals surface area contributed by atoms with Crippen molar-refractivity contribution in [2.24, 2.45) is 0 Å². The van der Waals surface area contributed by atoms with Gasteiger partial charge in [-0.1, -0.05) is 11.8 Å². The standard InChI is InChI=1S/C18H22N6O2S2/c19-15-14-11-5-1-2-6-12(11)28-16(14)21-13(20-15)9-27-18-23-22-17(25)24(18)8-10-4-3-7-26-10/h10H,1-9H2,(H,22,25)(H2,19,20,21). The van der Waals surface area contributed by atoms with Crippen molar-refractivity contribution >= 4 is 39.1 Å². The molecule has 148 valence electrons. The van der Waals surface area contributed by atoms with Gasteiger partial charge < -0.3 is 10.5 Å². The molecule has 2 aliphatic rings. The number of rotatable bonds is 5. The number of aromatic amines is 1. The number of aromatic nitrogens is 5. The third kappa shape index (κ3) is 3.33. The van der Waals surface area contributed by atoms with Gasteiger partial charge in [0.15, 0.2) is 5.16 Å². The molecule has 1 aliphatic carbocycles. The summed E-state index contributed by atoms with van der Waals surface area (Å²) in [5, 5.41) is 8.38. The van der Waals surface area contributed by atoms with Gasteiger partial charge in [-0.05, 0) is 44.1 Å². The fourth-order valence-electron chi connectivity index (χ4n) is 3.99. The first-order valence-corrected chi connectivity index (χ1v) is 11.5. The third-order valence-electron chi connectivity index (χ3n) is 5.35. The molecule has 1 unspecified atom stereocenters. The number of hydrogen-bond donors (Lipinski definition) is 2. The first-order chi connectivity index (χ1) is 13.7. The number of H-pyrrole nitrogens is 1. The number of thiophene rings is 1. The number of hydrogen-bond acceptors (Lipinski definition) is 8. The van der Waals surface area contributed by atoms with Crippen molar-refractivity contribution in [1.29, 1.82) is 0 Å². The molecule has 0 amide bonds. The molecule has 1 aliphatic heterocycles. The SMILES string of the molecule is Nc1nc(CSc2n[nH]c(=O)n2CC2CCCO2)nc2sc3c(c12)CCCC3. The van der Waals surface area contributed by atoms with Gasteiger partial charge in [0, 0.05) is 11.5 Å². The lowest BCUT2D eigenvalue weighted by Gasteiger charge is -2.11. The van der Waals surface area contributed by atoms with E-state index in [0.717, 1.165) is 42.5 Å². The Bertz CT molecular complexity index is 1070. The first-order valence-electron chi connectivity index (χ1n) is 9.65. The number of nitrogens with zero attached hydrogens (tertiary/aromatic N) is 4. The third-order valence-corrected chi connectivity index (χ3v) is 7.51. The predicted molar refractivity (Wildman–Crippen MR) is 110 cm³/mol. The van der Waals surface area contributed by atoms with E-state index in [1.807, 2.05) is 0 Å². The molecule has 0 aromatic carbocycles. The minimum atomic E-state index is -0.209. The van der Waals surface area contributed by atoms with Crippen molar-refractivity contribution in [3.63, 3.8) is 0 Å². The second kappa shape index (κ2) is 7.49. The summed E-state index contributed by atoms with van der Waals surface area (Å²) in [4.78, 5) is 23.8. The van der Waals surface area contributed by atoms with Crippen molar-refractivity contribution in [2.75, 3.05) is 12.3 Å². The van der Waals surface area contributed by atoms with Crippen LogP contribution >= 0.6 is 23.1 Å².